The van der Waals surface area contributed by atoms with Crippen LogP contribution < -0.4 is 9.73 Å². The average Bonchev–Trinajstić information content (AvgIpc) is 3.18. The number of hydrogen-bond donors (Lipinski definition) is 1. The van der Waals surface area contributed by atoms with E-state index in [9.17, 15) is 13.2 Å². The van der Waals surface area contributed by atoms with Crippen LogP contribution in [0.2, 0.25) is 0 Å². The molecule has 0 atom stereocenters. The van der Waals surface area contributed by atoms with E-state index in [0.29, 0.717) is 5.69 Å². The first-order valence-corrected chi connectivity index (χ1v) is 14.2. The topological polar surface area (TPSA) is 83.8 Å². The number of aromatic nitrogens is 1. The van der Waals surface area contributed by atoms with Gasteiger partial charge < -0.3 is 4.57 Å². The van der Waals surface area contributed by atoms with E-state index in [2.05, 4.69) is 63.1 Å². The van der Waals surface area contributed by atoms with Crippen LogP contribution in [0.5, 0.6) is 0 Å². The van der Waals surface area contributed by atoms with Crippen LogP contribution in [-0.4, -0.2) is 31.7 Å². The second-order valence-corrected chi connectivity index (χ2v) is 11.8. The number of anilines is 1. The van der Waals surface area contributed by atoms with E-state index in [1.807, 2.05) is 19.9 Å². The fourth-order valence-corrected chi connectivity index (χ4v) is 5.87. The van der Waals surface area contributed by atoms with Crippen molar-refractivity contribution in [3.63, 3.8) is 0 Å². The molecule has 1 amide bonds. The van der Waals surface area contributed by atoms with Crippen molar-refractivity contribution >= 4 is 43.8 Å². The van der Waals surface area contributed by atoms with Gasteiger partial charge in [0.05, 0.1) is 16.8 Å². The van der Waals surface area contributed by atoms with Gasteiger partial charge in [-0.15, -0.1) is 0 Å². The standard InChI is InChI=1S/C29H29BrN4O3S/c1-20-10-13-27(16-21(20)2)34-22(3)17-24(23(34)4)18-31-32-29(35)19-33(26-14-11-25(30)12-15-26)38(36,37)28-8-6-5-7-9-28/h5-18H,19H2,1-4H3,(H,32,35)/b31-18-. The van der Waals surface area contributed by atoms with Gasteiger partial charge in [-0.2, -0.15) is 5.10 Å². The second-order valence-electron chi connectivity index (χ2n) is 9.02. The summed E-state index contributed by atoms with van der Waals surface area (Å²) >= 11 is 3.36. The Kier molecular flexibility index (Phi) is 8.18. The molecule has 0 aliphatic carbocycles. The lowest BCUT2D eigenvalue weighted by atomic mass is 10.1. The molecule has 4 aromatic rings. The number of sulfonamides is 1. The maximum atomic E-state index is 13.4. The van der Waals surface area contributed by atoms with Gasteiger partial charge in [0, 0.05) is 27.1 Å². The predicted octanol–water partition coefficient (Wildman–Crippen LogP) is 5.82. The van der Waals surface area contributed by atoms with Crippen molar-refractivity contribution in [3.05, 3.63) is 111 Å². The highest BCUT2D eigenvalue weighted by Crippen LogP contribution is 2.25. The fraction of sp³-hybridized carbons (Fsp3) is 0.172. The van der Waals surface area contributed by atoms with Gasteiger partial charge in [0.15, 0.2) is 0 Å². The molecule has 3 aromatic carbocycles. The Morgan fingerprint density at radius 1 is 0.947 bits per heavy atom. The Morgan fingerprint density at radius 3 is 2.29 bits per heavy atom. The first kappa shape index (κ1) is 27.3. The first-order chi connectivity index (χ1) is 18.1. The molecule has 38 heavy (non-hydrogen) atoms. The second kappa shape index (κ2) is 11.4. The van der Waals surface area contributed by atoms with Crippen molar-refractivity contribution in [2.75, 3.05) is 10.8 Å². The number of amides is 1. The number of carbonyl (C=O) groups is 1. The maximum Gasteiger partial charge on any atom is 0.264 e. The summed E-state index contributed by atoms with van der Waals surface area (Å²) in [5, 5.41) is 4.13. The number of hydrogen-bond acceptors (Lipinski definition) is 4. The number of rotatable bonds is 8. The third-order valence-corrected chi connectivity index (χ3v) is 8.66. The van der Waals surface area contributed by atoms with E-state index in [1.165, 1.54) is 23.3 Å². The number of benzene rings is 3. The lowest BCUT2D eigenvalue weighted by molar-refractivity contribution is -0.119. The Morgan fingerprint density at radius 2 is 1.63 bits per heavy atom. The minimum Gasteiger partial charge on any atom is -0.318 e. The minimum absolute atomic E-state index is 0.0954. The SMILES string of the molecule is Cc1ccc(-n2c(C)cc(/C=N\NC(=O)CN(c3ccc(Br)cc3)S(=O)(=O)c3ccccc3)c2C)cc1C. The van der Waals surface area contributed by atoms with Crippen LogP contribution in [-0.2, 0) is 14.8 Å². The molecule has 0 fully saturated rings. The van der Waals surface area contributed by atoms with Crippen molar-refractivity contribution in [3.8, 4) is 5.69 Å². The maximum absolute atomic E-state index is 13.4. The highest BCUT2D eigenvalue weighted by atomic mass is 79.9. The summed E-state index contributed by atoms with van der Waals surface area (Å²) < 4.78 is 30.8. The molecule has 1 N–H and O–H groups in total. The van der Waals surface area contributed by atoms with Crippen LogP contribution in [0.15, 0.2) is 93.3 Å². The summed E-state index contributed by atoms with van der Waals surface area (Å²) in [6, 6.07) is 23.1. The number of nitrogens with one attached hydrogen (secondary N) is 1. The van der Waals surface area contributed by atoms with E-state index >= 15 is 0 Å². The Balaban J connectivity index is 1.54. The van der Waals surface area contributed by atoms with E-state index in [-0.39, 0.29) is 4.90 Å². The van der Waals surface area contributed by atoms with Crippen LogP contribution in [0.3, 0.4) is 0 Å². The Bertz CT molecular complexity index is 1600. The molecule has 0 saturated heterocycles. The van der Waals surface area contributed by atoms with Crippen molar-refractivity contribution in [2.24, 2.45) is 5.10 Å². The number of nitrogens with zero attached hydrogens (tertiary/aromatic N) is 3. The summed E-state index contributed by atoms with van der Waals surface area (Å²) in [6.45, 7) is 7.74. The quantitative estimate of drug-likeness (QED) is 0.207. The lowest BCUT2D eigenvalue weighted by Gasteiger charge is -2.23. The van der Waals surface area contributed by atoms with E-state index < -0.39 is 22.5 Å². The highest BCUT2D eigenvalue weighted by Gasteiger charge is 2.27. The van der Waals surface area contributed by atoms with Gasteiger partial charge in [-0.3, -0.25) is 9.10 Å². The number of halogens is 1. The van der Waals surface area contributed by atoms with E-state index in [0.717, 1.165) is 31.4 Å². The zero-order valence-electron chi connectivity index (χ0n) is 21.6. The summed E-state index contributed by atoms with van der Waals surface area (Å²) in [7, 11) is -3.98. The zero-order valence-corrected chi connectivity index (χ0v) is 24.0. The molecule has 7 nitrogen and oxygen atoms in total. The molecule has 1 heterocycles. The van der Waals surface area contributed by atoms with Gasteiger partial charge in [-0.25, -0.2) is 13.8 Å². The van der Waals surface area contributed by atoms with Crippen LogP contribution in [0.1, 0.15) is 28.1 Å². The van der Waals surface area contributed by atoms with Crippen molar-refractivity contribution < 1.29 is 13.2 Å². The molecule has 0 saturated carbocycles. The Labute approximate surface area is 232 Å². The molecule has 1 aromatic heterocycles. The van der Waals surface area contributed by atoms with Crippen LogP contribution in [0.25, 0.3) is 5.69 Å². The van der Waals surface area contributed by atoms with E-state index in [4.69, 9.17) is 0 Å². The average molecular weight is 594 g/mol. The minimum atomic E-state index is -3.98. The van der Waals surface area contributed by atoms with Crippen LogP contribution in [0.4, 0.5) is 5.69 Å². The molecule has 0 aliphatic rings. The molecule has 0 bridgehead atoms. The molecular formula is C29H29BrN4O3S. The zero-order chi connectivity index (χ0) is 27.4. The third-order valence-electron chi connectivity index (χ3n) is 6.34. The monoisotopic (exact) mass is 592 g/mol. The normalized spacial score (nSPS) is 11.6. The largest absolute Gasteiger partial charge is 0.318 e. The van der Waals surface area contributed by atoms with Crippen LogP contribution >= 0.6 is 15.9 Å². The first-order valence-electron chi connectivity index (χ1n) is 12.0. The summed E-state index contributed by atoms with van der Waals surface area (Å²) in [6.07, 6.45) is 1.58. The fourth-order valence-electron chi connectivity index (χ4n) is 4.16. The molecule has 0 radical (unpaired) electrons. The number of carbonyl (C=O) groups excluding carboxylic acids is 1. The van der Waals surface area contributed by atoms with Gasteiger partial charge in [0.25, 0.3) is 15.9 Å². The molecule has 0 spiro atoms. The summed E-state index contributed by atoms with van der Waals surface area (Å²) in [5.41, 5.74) is 9.21. The highest BCUT2D eigenvalue weighted by molar-refractivity contribution is 9.10. The molecule has 0 unspecified atom stereocenters. The van der Waals surface area contributed by atoms with Gasteiger partial charge in [-0.05, 0) is 93.4 Å². The van der Waals surface area contributed by atoms with Crippen molar-refractivity contribution in [1.29, 1.82) is 0 Å². The van der Waals surface area contributed by atoms with Gasteiger partial charge in [0.1, 0.15) is 6.54 Å². The number of hydrazone groups is 1. The van der Waals surface area contributed by atoms with Gasteiger partial charge >= 0.3 is 0 Å². The lowest BCUT2D eigenvalue weighted by Crippen LogP contribution is -2.39. The van der Waals surface area contributed by atoms with Crippen molar-refractivity contribution in [1.82, 2.24) is 9.99 Å². The Hall–Kier alpha value is -3.69. The smallest absolute Gasteiger partial charge is 0.264 e. The predicted molar refractivity (Wildman–Crippen MR) is 156 cm³/mol. The summed E-state index contributed by atoms with van der Waals surface area (Å²) in [5.74, 6) is -0.563. The van der Waals surface area contributed by atoms with Crippen molar-refractivity contribution in [2.45, 2.75) is 32.6 Å². The molecule has 0 aliphatic heterocycles. The third kappa shape index (κ3) is 5.89. The number of aryl methyl sites for hydroxylation is 3. The van der Waals surface area contributed by atoms with Gasteiger partial charge in [0.2, 0.25) is 0 Å². The summed E-state index contributed by atoms with van der Waals surface area (Å²) in [4.78, 5) is 13.0. The molecular weight excluding hydrogens is 564 g/mol. The van der Waals surface area contributed by atoms with Gasteiger partial charge in [-0.1, -0.05) is 40.2 Å². The molecule has 4 rings (SSSR count). The molecule has 196 valence electrons. The van der Waals surface area contributed by atoms with Crippen LogP contribution in [0, 0.1) is 27.7 Å². The molecule has 9 heteroatoms. The van der Waals surface area contributed by atoms with E-state index in [1.54, 1.807) is 48.7 Å².